The van der Waals surface area contributed by atoms with Crippen LogP contribution in [0.15, 0.2) is 24.3 Å². The first-order valence-electron chi connectivity index (χ1n) is 8.69. The monoisotopic (exact) mass is 334 g/mol. The van der Waals surface area contributed by atoms with Gasteiger partial charge < -0.3 is 20.5 Å². The van der Waals surface area contributed by atoms with Crippen LogP contribution in [0.25, 0.3) is 0 Å². The van der Waals surface area contributed by atoms with Gasteiger partial charge in [0.1, 0.15) is 18.5 Å². The molecule has 134 valence electrons. The largest absolute Gasteiger partial charge is 0.491 e. The Hall–Kier alpha value is -1.59. The molecule has 1 aliphatic rings. The lowest BCUT2D eigenvalue weighted by Gasteiger charge is -2.20. The Morgan fingerprint density at radius 1 is 1.33 bits per heavy atom. The van der Waals surface area contributed by atoms with E-state index in [0.717, 1.165) is 18.6 Å². The van der Waals surface area contributed by atoms with Gasteiger partial charge in [0.25, 0.3) is 0 Å². The van der Waals surface area contributed by atoms with E-state index in [1.54, 1.807) is 0 Å². The van der Waals surface area contributed by atoms with E-state index in [1.807, 2.05) is 19.1 Å². The Morgan fingerprint density at radius 3 is 2.54 bits per heavy atom. The number of carbonyl (C=O) groups excluding carboxylic acids is 1. The molecule has 1 aromatic rings. The first kappa shape index (κ1) is 18.7. The Bertz CT molecular complexity index is 537. The summed E-state index contributed by atoms with van der Waals surface area (Å²) in [5.74, 6) is 0.731. The number of amides is 1. The van der Waals surface area contributed by atoms with Gasteiger partial charge >= 0.3 is 0 Å². The van der Waals surface area contributed by atoms with E-state index in [1.165, 1.54) is 5.56 Å². The van der Waals surface area contributed by atoms with Crippen molar-refractivity contribution in [1.29, 1.82) is 0 Å². The molecule has 3 atom stereocenters. The summed E-state index contributed by atoms with van der Waals surface area (Å²) in [7, 11) is 0. The van der Waals surface area contributed by atoms with E-state index in [9.17, 15) is 4.79 Å². The lowest BCUT2D eigenvalue weighted by Crippen LogP contribution is -2.43. The van der Waals surface area contributed by atoms with Crippen LogP contribution in [0.3, 0.4) is 0 Å². The second-order valence-electron chi connectivity index (χ2n) is 7.55. The lowest BCUT2D eigenvalue weighted by atomic mass is 9.87. The molecule has 24 heavy (non-hydrogen) atoms. The van der Waals surface area contributed by atoms with Gasteiger partial charge in [0.2, 0.25) is 5.91 Å². The van der Waals surface area contributed by atoms with Gasteiger partial charge in [-0.05, 0) is 42.9 Å². The van der Waals surface area contributed by atoms with Crippen LogP contribution in [-0.4, -0.2) is 37.3 Å². The molecule has 0 aliphatic carbocycles. The average Bonchev–Trinajstić information content (AvgIpc) is 3.01. The molecule has 1 aromatic carbocycles. The van der Waals surface area contributed by atoms with E-state index in [-0.39, 0.29) is 29.6 Å². The topological polar surface area (TPSA) is 73.6 Å². The fourth-order valence-corrected chi connectivity index (χ4v) is 2.72. The van der Waals surface area contributed by atoms with Crippen LogP contribution in [0.4, 0.5) is 0 Å². The average molecular weight is 334 g/mol. The van der Waals surface area contributed by atoms with Crippen molar-refractivity contribution >= 4 is 5.91 Å². The summed E-state index contributed by atoms with van der Waals surface area (Å²) < 4.78 is 11.4. The Labute approximate surface area is 144 Å². The SMILES string of the molecule is CC(COc1ccc(C(C)(C)C)cc1)NC(=O)[C@@H]1CC[C@H](CN)O1. The number of benzene rings is 1. The van der Waals surface area contributed by atoms with Crippen molar-refractivity contribution in [3.05, 3.63) is 29.8 Å². The fourth-order valence-electron chi connectivity index (χ4n) is 2.72. The summed E-state index contributed by atoms with van der Waals surface area (Å²) in [6.07, 6.45) is 1.20. The van der Waals surface area contributed by atoms with Gasteiger partial charge in [0, 0.05) is 6.54 Å². The second kappa shape index (κ2) is 7.99. The summed E-state index contributed by atoms with van der Waals surface area (Å²) in [4.78, 5) is 12.2. The highest BCUT2D eigenvalue weighted by molar-refractivity contribution is 5.81. The number of rotatable bonds is 6. The maximum atomic E-state index is 12.2. The summed E-state index contributed by atoms with van der Waals surface area (Å²) in [5, 5.41) is 2.94. The molecule has 3 N–H and O–H groups in total. The molecule has 2 rings (SSSR count). The molecule has 1 fully saturated rings. The summed E-state index contributed by atoms with van der Waals surface area (Å²) in [5.41, 5.74) is 6.97. The van der Waals surface area contributed by atoms with Crippen molar-refractivity contribution in [1.82, 2.24) is 5.32 Å². The Balaban J connectivity index is 1.76. The summed E-state index contributed by atoms with van der Waals surface area (Å²) >= 11 is 0. The van der Waals surface area contributed by atoms with Gasteiger partial charge in [0.15, 0.2) is 0 Å². The van der Waals surface area contributed by atoms with Crippen LogP contribution in [0.2, 0.25) is 0 Å². The number of hydrogen-bond donors (Lipinski definition) is 2. The molecule has 1 saturated heterocycles. The number of ether oxygens (including phenoxy) is 2. The third-order valence-corrected chi connectivity index (χ3v) is 4.27. The molecule has 1 heterocycles. The fraction of sp³-hybridized carbons (Fsp3) is 0.632. The summed E-state index contributed by atoms with van der Waals surface area (Å²) in [6.45, 7) is 9.36. The molecule has 0 saturated carbocycles. The third kappa shape index (κ3) is 5.21. The molecule has 0 radical (unpaired) electrons. The van der Waals surface area contributed by atoms with Gasteiger partial charge in [-0.1, -0.05) is 32.9 Å². The van der Waals surface area contributed by atoms with Crippen molar-refractivity contribution in [2.45, 2.75) is 64.2 Å². The summed E-state index contributed by atoms with van der Waals surface area (Å²) in [6, 6.07) is 8.03. The van der Waals surface area contributed by atoms with E-state index < -0.39 is 0 Å². The Morgan fingerprint density at radius 2 is 2.00 bits per heavy atom. The van der Waals surface area contributed by atoms with Crippen LogP contribution in [0, 0.1) is 0 Å². The predicted octanol–water partition coefficient (Wildman–Crippen LogP) is 2.37. The minimum Gasteiger partial charge on any atom is -0.491 e. The van der Waals surface area contributed by atoms with E-state index >= 15 is 0 Å². The zero-order valence-corrected chi connectivity index (χ0v) is 15.2. The predicted molar refractivity (Wildman–Crippen MR) is 95.2 cm³/mol. The quantitative estimate of drug-likeness (QED) is 0.838. The molecule has 1 unspecified atom stereocenters. The zero-order chi connectivity index (χ0) is 17.7. The van der Waals surface area contributed by atoms with E-state index in [0.29, 0.717) is 13.2 Å². The van der Waals surface area contributed by atoms with Crippen LogP contribution < -0.4 is 15.8 Å². The molecule has 0 bridgehead atoms. The first-order chi connectivity index (χ1) is 11.3. The number of carbonyl (C=O) groups is 1. The zero-order valence-electron chi connectivity index (χ0n) is 15.2. The van der Waals surface area contributed by atoms with Crippen molar-refractivity contribution in [2.24, 2.45) is 5.73 Å². The highest BCUT2D eigenvalue weighted by Crippen LogP contribution is 2.24. The van der Waals surface area contributed by atoms with Crippen molar-refractivity contribution in [3.63, 3.8) is 0 Å². The Kier molecular flexibility index (Phi) is 6.24. The van der Waals surface area contributed by atoms with Gasteiger partial charge in [-0.2, -0.15) is 0 Å². The molecule has 0 spiro atoms. The molecular weight excluding hydrogens is 304 g/mol. The van der Waals surface area contributed by atoms with Crippen LogP contribution in [-0.2, 0) is 14.9 Å². The smallest absolute Gasteiger partial charge is 0.249 e. The molecule has 5 heteroatoms. The normalized spacial score (nSPS) is 22.2. The lowest BCUT2D eigenvalue weighted by molar-refractivity contribution is -0.132. The van der Waals surface area contributed by atoms with E-state index in [4.69, 9.17) is 15.2 Å². The first-order valence-corrected chi connectivity index (χ1v) is 8.69. The number of nitrogens with two attached hydrogens (primary N) is 1. The second-order valence-corrected chi connectivity index (χ2v) is 7.55. The highest BCUT2D eigenvalue weighted by atomic mass is 16.5. The molecule has 1 amide bonds. The molecule has 5 nitrogen and oxygen atoms in total. The third-order valence-electron chi connectivity index (χ3n) is 4.27. The molecule has 1 aliphatic heterocycles. The minimum absolute atomic E-state index is 0.00800. The van der Waals surface area contributed by atoms with Crippen LogP contribution >= 0.6 is 0 Å². The van der Waals surface area contributed by atoms with Gasteiger partial charge in [0.05, 0.1) is 12.1 Å². The van der Waals surface area contributed by atoms with Crippen LogP contribution in [0.5, 0.6) is 5.75 Å². The van der Waals surface area contributed by atoms with Crippen LogP contribution in [0.1, 0.15) is 46.1 Å². The van der Waals surface area contributed by atoms with Crippen molar-refractivity contribution in [2.75, 3.05) is 13.2 Å². The van der Waals surface area contributed by atoms with Gasteiger partial charge in [-0.25, -0.2) is 0 Å². The van der Waals surface area contributed by atoms with Crippen molar-refractivity contribution < 1.29 is 14.3 Å². The molecule has 0 aromatic heterocycles. The maximum Gasteiger partial charge on any atom is 0.249 e. The number of hydrogen-bond acceptors (Lipinski definition) is 4. The highest BCUT2D eigenvalue weighted by Gasteiger charge is 2.30. The van der Waals surface area contributed by atoms with Crippen molar-refractivity contribution in [3.8, 4) is 5.75 Å². The minimum atomic E-state index is -0.382. The standard InChI is InChI=1S/C19H30N2O3/c1-13(21-18(22)17-10-9-16(11-20)24-17)12-23-15-7-5-14(6-8-15)19(2,3)4/h5-8,13,16-17H,9-12,20H2,1-4H3,(H,21,22)/t13?,16-,17+/m1/s1. The number of nitrogens with one attached hydrogen (secondary N) is 1. The molecular formula is C19H30N2O3. The van der Waals surface area contributed by atoms with E-state index in [2.05, 4.69) is 38.2 Å². The van der Waals surface area contributed by atoms with Gasteiger partial charge in [-0.3, -0.25) is 4.79 Å². The van der Waals surface area contributed by atoms with Gasteiger partial charge in [-0.15, -0.1) is 0 Å². The maximum absolute atomic E-state index is 12.2.